The molecule has 2 N–H and O–H groups in total. The van der Waals surface area contributed by atoms with Gasteiger partial charge in [0.2, 0.25) is 0 Å². The van der Waals surface area contributed by atoms with Crippen LogP contribution in [-0.2, 0) is 11.3 Å². The summed E-state index contributed by atoms with van der Waals surface area (Å²) in [5.41, 5.74) is 0.989. The highest BCUT2D eigenvalue weighted by molar-refractivity contribution is 5.74. The minimum Gasteiger partial charge on any atom is -0.481 e. The van der Waals surface area contributed by atoms with Crippen molar-refractivity contribution in [1.29, 1.82) is 0 Å². The molecule has 0 heterocycles. The lowest BCUT2D eigenvalue weighted by atomic mass is 10.2. The van der Waals surface area contributed by atoms with Gasteiger partial charge in [0.15, 0.2) is 0 Å². The van der Waals surface area contributed by atoms with Crippen molar-refractivity contribution in [3.63, 3.8) is 0 Å². The highest BCUT2D eigenvalue weighted by atomic mass is 16.4. The second-order valence-corrected chi connectivity index (χ2v) is 4.28. The van der Waals surface area contributed by atoms with Gasteiger partial charge in [0.05, 0.1) is 6.54 Å². The molecule has 0 fully saturated rings. The monoisotopic (exact) mass is 274 g/mol. The summed E-state index contributed by atoms with van der Waals surface area (Å²) in [4.78, 5) is 23.8. The molecule has 0 aliphatic carbocycles. The number of carbonyl (C=O) groups is 2. The molecule has 0 aliphatic rings. The summed E-state index contributed by atoms with van der Waals surface area (Å²) in [6, 6.07) is 9.25. The number of hydrogen-bond acceptors (Lipinski definition) is 2. The predicted octanol–water partition coefficient (Wildman–Crippen LogP) is 1.70. The Bertz CT molecular complexity index is 480. The quantitative estimate of drug-likeness (QED) is 0.587. The lowest BCUT2D eigenvalue weighted by molar-refractivity contribution is -0.137. The van der Waals surface area contributed by atoms with Gasteiger partial charge in [0.1, 0.15) is 0 Å². The Balaban J connectivity index is 2.46. The third-order valence-corrected chi connectivity index (χ3v) is 2.63. The molecule has 0 spiro atoms. The van der Waals surface area contributed by atoms with Gasteiger partial charge in [-0.1, -0.05) is 36.3 Å². The number of amides is 2. The van der Waals surface area contributed by atoms with Crippen molar-refractivity contribution in [2.75, 3.05) is 13.1 Å². The van der Waals surface area contributed by atoms with E-state index in [1.165, 1.54) is 4.90 Å². The van der Waals surface area contributed by atoms with Crippen molar-refractivity contribution in [3.05, 3.63) is 35.9 Å². The average Bonchev–Trinajstić information content (AvgIpc) is 2.44. The highest BCUT2D eigenvalue weighted by Gasteiger charge is 2.12. The van der Waals surface area contributed by atoms with Crippen molar-refractivity contribution in [2.24, 2.45) is 0 Å². The minimum atomic E-state index is -0.871. The van der Waals surface area contributed by atoms with Gasteiger partial charge >= 0.3 is 12.0 Å². The summed E-state index contributed by atoms with van der Waals surface area (Å²) in [7, 11) is 0. The highest BCUT2D eigenvalue weighted by Crippen LogP contribution is 2.04. The number of carboxylic acids is 1. The zero-order chi connectivity index (χ0) is 14.8. The number of carbonyl (C=O) groups excluding carboxylic acids is 1. The van der Waals surface area contributed by atoms with Crippen LogP contribution in [0.25, 0.3) is 0 Å². The standard InChI is InChI=1S/C15H18N2O3/c1-2-11-17(12-13-7-4-3-5-8-13)15(20)16-10-6-9-14(18)19/h1,3-5,7-8H,6,9-12H2,(H,16,20)(H,18,19). The Morgan fingerprint density at radius 3 is 2.60 bits per heavy atom. The van der Waals surface area contributed by atoms with E-state index in [1.807, 2.05) is 30.3 Å². The maximum absolute atomic E-state index is 12.0. The second kappa shape index (κ2) is 8.59. The van der Waals surface area contributed by atoms with Crippen LogP contribution in [0.3, 0.4) is 0 Å². The first-order chi connectivity index (χ1) is 9.63. The second-order valence-electron chi connectivity index (χ2n) is 4.28. The molecular weight excluding hydrogens is 256 g/mol. The number of nitrogens with one attached hydrogen (secondary N) is 1. The Hall–Kier alpha value is -2.48. The molecule has 1 aromatic rings. The van der Waals surface area contributed by atoms with Gasteiger partial charge in [0, 0.05) is 19.5 Å². The van der Waals surface area contributed by atoms with E-state index >= 15 is 0 Å². The molecule has 5 nitrogen and oxygen atoms in total. The fourth-order valence-corrected chi connectivity index (χ4v) is 1.66. The minimum absolute atomic E-state index is 0.0358. The van der Waals surface area contributed by atoms with Gasteiger partial charge in [-0.2, -0.15) is 0 Å². The molecule has 0 saturated carbocycles. The largest absolute Gasteiger partial charge is 0.481 e. The molecule has 0 unspecified atom stereocenters. The summed E-state index contributed by atoms with van der Waals surface area (Å²) in [6.07, 6.45) is 5.70. The molecule has 0 atom stereocenters. The van der Waals surface area contributed by atoms with E-state index in [4.69, 9.17) is 11.5 Å². The molecule has 0 aromatic heterocycles. The van der Waals surface area contributed by atoms with E-state index in [1.54, 1.807) is 0 Å². The third-order valence-electron chi connectivity index (χ3n) is 2.63. The van der Waals surface area contributed by atoms with E-state index in [9.17, 15) is 9.59 Å². The molecule has 20 heavy (non-hydrogen) atoms. The molecule has 1 aromatic carbocycles. The van der Waals surface area contributed by atoms with Crippen LogP contribution in [0.1, 0.15) is 18.4 Å². The normalized spacial score (nSPS) is 9.55. The zero-order valence-corrected chi connectivity index (χ0v) is 11.2. The zero-order valence-electron chi connectivity index (χ0n) is 11.2. The van der Waals surface area contributed by atoms with Gasteiger partial charge < -0.3 is 15.3 Å². The summed E-state index contributed by atoms with van der Waals surface area (Å²) < 4.78 is 0. The van der Waals surface area contributed by atoms with Gasteiger partial charge in [-0.3, -0.25) is 4.79 Å². The van der Waals surface area contributed by atoms with Crippen LogP contribution in [0, 0.1) is 12.3 Å². The van der Waals surface area contributed by atoms with E-state index in [0.717, 1.165) is 5.56 Å². The maximum atomic E-state index is 12.0. The fraction of sp³-hybridized carbons (Fsp3) is 0.333. The first-order valence-electron chi connectivity index (χ1n) is 6.35. The summed E-state index contributed by atoms with van der Waals surface area (Å²) in [6.45, 7) is 0.955. The van der Waals surface area contributed by atoms with Gasteiger partial charge in [-0.05, 0) is 12.0 Å². The Morgan fingerprint density at radius 1 is 1.30 bits per heavy atom. The van der Waals surface area contributed by atoms with E-state index in [2.05, 4.69) is 11.2 Å². The smallest absolute Gasteiger partial charge is 0.318 e. The number of nitrogens with zero attached hydrogens (tertiary/aromatic N) is 1. The third kappa shape index (κ3) is 5.91. The number of rotatable bonds is 7. The lowest BCUT2D eigenvalue weighted by Crippen LogP contribution is -2.40. The van der Waals surface area contributed by atoms with Crippen LogP contribution < -0.4 is 5.32 Å². The molecule has 0 saturated heterocycles. The van der Waals surface area contributed by atoms with Crippen LogP contribution in [0.15, 0.2) is 30.3 Å². The predicted molar refractivity (Wildman–Crippen MR) is 76.0 cm³/mol. The molecule has 0 aliphatic heterocycles. The SMILES string of the molecule is C#CCN(Cc1ccccc1)C(=O)NCCCC(=O)O. The van der Waals surface area contributed by atoms with Crippen LogP contribution in [0.5, 0.6) is 0 Å². The number of benzene rings is 1. The first-order valence-corrected chi connectivity index (χ1v) is 6.35. The summed E-state index contributed by atoms with van der Waals surface area (Å²) in [5.74, 6) is 1.58. The van der Waals surface area contributed by atoms with Crippen molar-refractivity contribution < 1.29 is 14.7 Å². The maximum Gasteiger partial charge on any atom is 0.318 e. The van der Waals surface area contributed by atoms with Gasteiger partial charge in [-0.25, -0.2) is 4.79 Å². The Labute approximate surface area is 118 Å². The van der Waals surface area contributed by atoms with E-state index in [-0.39, 0.29) is 19.0 Å². The van der Waals surface area contributed by atoms with Gasteiger partial charge in [0.25, 0.3) is 0 Å². The van der Waals surface area contributed by atoms with Crippen molar-refractivity contribution in [2.45, 2.75) is 19.4 Å². The number of aliphatic carboxylic acids is 1. The van der Waals surface area contributed by atoms with Crippen LogP contribution >= 0.6 is 0 Å². The summed E-state index contributed by atoms with van der Waals surface area (Å²) >= 11 is 0. The lowest BCUT2D eigenvalue weighted by Gasteiger charge is -2.20. The molecule has 5 heteroatoms. The number of hydrogen-bond donors (Lipinski definition) is 2. The van der Waals surface area contributed by atoms with E-state index < -0.39 is 5.97 Å². The van der Waals surface area contributed by atoms with Crippen LogP contribution in [0.2, 0.25) is 0 Å². The molecular formula is C15H18N2O3. The van der Waals surface area contributed by atoms with Crippen molar-refractivity contribution >= 4 is 12.0 Å². The number of carboxylic acid groups (broad SMARTS) is 1. The van der Waals surface area contributed by atoms with Gasteiger partial charge in [-0.15, -0.1) is 6.42 Å². The van der Waals surface area contributed by atoms with Crippen molar-refractivity contribution in [3.8, 4) is 12.3 Å². The summed E-state index contributed by atoms with van der Waals surface area (Å²) in [5, 5.41) is 11.2. The topological polar surface area (TPSA) is 69.6 Å². The number of terminal acetylenes is 1. The number of urea groups is 1. The van der Waals surface area contributed by atoms with E-state index in [0.29, 0.717) is 19.5 Å². The van der Waals surface area contributed by atoms with Crippen molar-refractivity contribution in [1.82, 2.24) is 10.2 Å². The molecule has 1 rings (SSSR count). The fourth-order valence-electron chi connectivity index (χ4n) is 1.66. The molecule has 106 valence electrons. The van der Waals surface area contributed by atoms with Crippen LogP contribution in [-0.4, -0.2) is 35.1 Å². The molecule has 2 amide bonds. The average molecular weight is 274 g/mol. The molecule has 0 bridgehead atoms. The first kappa shape index (κ1) is 15.6. The molecule has 0 radical (unpaired) electrons. The van der Waals surface area contributed by atoms with Crippen LogP contribution in [0.4, 0.5) is 4.79 Å². The Morgan fingerprint density at radius 2 is 2.00 bits per heavy atom. The Kier molecular flexibility index (Phi) is 6.69.